The topological polar surface area (TPSA) is 285 Å². The monoisotopic (exact) mass is 1260 g/mol. The Bertz CT molecular complexity index is 3440. The van der Waals surface area contributed by atoms with E-state index in [0.717, 1.165) is 120 Å². The van der Waals surface area contributed by atoms with Gasteiger partial charge >= 0.3 is 6.16 Å². The highest BCUT2D eigenvalue weighted by Crippen LogP contribution is 2.41. The Morgan fingerprint density at radius 1 is 0.843 bits per heavy atom. The average Bonchev–Trinajstić information content (AvgIpc) is 1.74. The third kappa shape index (κ3) is 15.1. The Hall–Kier alpha value is -7.40. The standard InChI is InChI=1S/C64H82N12O11S2/c1-38(2)60(63(79)75-37-51(86-64(80)83-40(4)41(5)88-89(6,81)82)30-55(75)62(78)68-39(3)44-13-11-42(33-65)12-14-44)57-32-58(71-87-57)73-25-18-43(19-26-73)34-72-23-20-48(21-24-72)84-49-28-50(29-49)85-59-27-45(17-22-67-59)76-46-15-16-47(76)36-74(35-46)54-31-53(69-70-61(54)66)52-9-7-8-10-56(52)77/h7-14,17,22,27,31-32,38-41,43,46-51,55,60,77H,15-16,18-21,23-26,28-30,34-37H2,1-6H3,(H2,66,70)(H,68,78)/t39-,40?,41?,46?,47?,49?,50?,51+,55-,60?/m0/s1. The predicted molar refractivity (Wildman–Crippen MR) is 337 cm³/mol. The number of ether oxygens (including phenoxy) is 4. The van der Waals surface area contributed by atoms with Crippen LogP contribution in [0.5, 0.6) is 11.6 Å². The van der Waals surface area contributed by atoms with Gasteiger partial charge in [-0.15, -0.1) is 10.2 Å². The summed E-state index contributed by atoms with van der Waals surface area (Å²) in [5, 5.41) is 35.3. The second-order valence-electron chi connectivity index (χ2n) is 25.3. The number of nitriles is 1. The molecule has 6 aliphatic rings. The molecule has 11 rings (SSSR count). The van der Waals surface area contributed by atoms with Gasteiger partial charge in [0.15, 0.2) is 26.3 Å². The number of aromatic nitrogens is 4. The first kappa shape index (κ1) is 63.2. The third-order valence-corrected chi connectivity index (χ3v) is 21.6. The third-order valence-electron chi connectivity index (χ3n) is 18.6. The van der Waals surface area contributed by atoms with Gasteiger partial charge in [0.25, 0.3) is 0 Å². The first-order chi connectivity index (χ1) is 42.7. The van der Waals surface area contributed by atoms with E-state index in [1.165, 1.54) is 4.90 Å². The number of hydrogen-bond donors (Lipinski definition) is 3. The number of rotatable bonds is 21. The lowest BCUT2D eigenvalue weighted by molar-refractivity contribution is -0.141. The predicted octanol–water partition coefficient (Wildman–Crippen LogP) is 8.06. The molecule has 0 radical (unpaired) electrons. The van der Waals surface area contributed by atoms with Crippen LogP contribution in [0.15, 0.2) is 83.5 Å². The lowest BCUT2D eigenvalue weighted by Crippen LogP contribution is -2.54. The van der Waals surface area contributed by atoms with Crippen molar-refractivity contribution in [3.05, 3.63) is 95.9 Å². The number of aromatic hydroxyl groups is 1. The molecule has 1 saturated carbocycles. The molecule has 89 heavy (non-hydrogen) atoms. The number of phenols is 1. The Balaban J connectivity index is 0.622. The number of nitrogens with two attached hydrogens (primary N) is 1. The molecule has 3 aromatic heterocycles. The van der Waals surface area contributed by atoms with E-state index in [-0.39, 0.29) is 60.9 Å². The molecule has 23 nitrogen and oxygen atoms in total. The molecule has 8 atom stereocenters. The van der Waals surface area contributed by atoms with Gasteiger partial charge in [0.1, 0.15) is 36.0 Å². The number of piperazine rings is 1. The Labute approximate surface area is 524 Å². The molecule has 5 aromatic rings. The number of nitrogens with zero attached hydrogens (tertiary/aromatic N) is 10. The molecule has 1 aliphatic carbocycles. The summed E-state index contributed by atoms with van der Waals surface area (Å²) in [5.74, 6) is 0.832. The van der Waals surface area contributed by atoms with Gasteiger partial charge in [-0.1, -0.05) is 43.3 Å². The first-order valence-electron chi connectivity index (χ1n) is 31.3. The Morgan fingerprint density at radius 3 is 2.25 bits per heavy atom. The lowest BCUT2D eigenvalue weighted by atomic mass is 9.91. The van der Waals surface area contributed by atoms with E-state index in [0.29, 0.717) is 56.8 Å². The van der Waals surface area contributed by atoms with E-state index in [4.69, 9.17) is 29.2 Å². The second kappa shape index (κ2) is 27.4. The maximum Gasteiger partial charge on any atom is 0.508 e. The number of nitrogens with one attached hydrogen (secondary N) is 1. The summed E-state index contributed by atoms with van der Waals surface area (Å²) in [5.41, 5.74) is 10.8. The van der Waals surface area contributed by atoms with E-state index >= 15 is 0 Å². The summed E-state index contributed by atoms with van der Waals surface area (Å²) in [6.07, 6.45) is 8.39. The highest BCUT2D eigenvalue weighted by Gasteiger charge is 2.47. The molecule has 8 heterocycles. The van der Waals surface area contributed by atoms with Crippen LogP contribution in [0.4, 0.5) is 27.8 Å². The van der Waals surface area contributed by atoms with Crippen molar-refractivity contribution in [3.8, 4) is 29.0 Å². The van der Waals surface area contributed by atoms with Crippen molar-refractivity contribution < 1.29 is 51.4 Å². The maximum atomic E-state index is 14.8. The van der Waals surface area contributed by atoms with Gasteiger partial charge < -0.3 is 64.1 Å². The molecule has 5 saturated heterocycles. The second-order valence-corrected chi connectivity index (χ2v) is 30.0. The van der Waals surface area contributed by atoms with Crippen LogP contribution in [0.2, 0.25) is 0 Å². The number of benzene rings is 2. The van der Waals surface area contributed by atoms with E-state index in [1.54, 1.807) is 50.2 Å². The Kier molecular flexibility index (Phi) is 19.4. The Morgan fingerprint density at radius 2 is 1.56 bits per heavy atom. The van der Waals surface area contributed by atoms with Gasteiger partial charge in [0, 0.05) is 113 Å². The zero-order chi connectivity index (χ0) is 62.7. The molecular weight excluding hydrogens is 1180 g/mol. The minimum Gasteiger partial charge on any atom is -0.507 e. The molecule has 5 aliphatic heterocycles. The fourth-order valence-corrected chi connectivity index (χ4v) is 16.5. The van der Waals surface area contributed by atoms with Crippen molar-refractivity contribution in [2.45, 2.75) is 158 Å². The minimum absolute atomic E-state index is 0.00583. The van der Waals surface area contributed by atoms with Gasteiger partial charge in [-0.2, -0.15) is 5.26 Å². The highest BCUT2D eigenvalue weighted by atomic mass is 33.1. The number of piperidine rings is 2. The number of carbonyl (C=O) groups is 3. The summed E-state index contributed by atoms with van der Waals surface area (Å²) in [6.45, 7) is 14.9. The number of hydrogen-bond acceptors (Lipinski definition) is 22. The van der Waals surface area contributed by atoms with Crippen LogP contribution >= 0.6 is 10.8 Å². The normalized spacial score (nSPS) is 23.9. The van der Waals surface area contributed by atoms with Crippen LogP contribution in [0.3, 0.4) is 0 Å². The number of likely N-dealkylation sites (tertiary alicyclic amines) is 2. The van der Waals surface area contributed by atoms with Gasteiger partial charge in [-0.3, -0.25) is 9.59 Å². The van der Waals surface area contributed by atoms with E-state index in [2.05, 4.69) is 63.5 Å². The zero-order valence-corrected chi connectivity index (χ0v) is 53.1. The summed E-state index contributed by atoms with van der Waals surface area (Å²) >= 11 is 0. The van der Waals surface area contributed by atoms with Crippen molar-refractivity contribution in [1.82, 2.24) is 35.5 Å². The van der Waals surface area contributed by atoms with Crippen molar-refractivity contribution in [2.24, 2.45) is 11.8 Å². The highest BCUT2D eigenvalue weighted by molar-refractivity contribution is 8.72. The fourth-order valence-electron chi connectivity index (χ4n) is 13.6. The van der Waals surface area contributed by atoms with Gasteiger partial charge in [-0.05, 0) is 124 Å². The molecule has 4 N–H and O–H groups in total. The molecule has 476 valence electrons. The summed E-state index contributed by atoms with van der Waals surface area (Å²) in [7, 11) is -2.74. The molecular formula is C64H82N12O11S2. The van der Waals surface area contributed by atoms with Crippen LogP contribution < -0.4 is 30.5 Å². The van der Waals surface area contributed by atoms with Crippen molar-refractivity contribution in [3.63, 3.8) is 0 Å². The molecule has 25 heteroatoms. The molecule has 2 bridgehead atoms. The van der Waals surface area contributed by atoms with Gasteiger partial charge in [0.2, 0.25) is 17.7 Å². The number of carbonyl (C=O) groups excluding carboxylic acids is 3. The van der Waals surface area contributed by atoms with Crippen LogP contribution in [-0.2, 0) is 32.7 Å². The van der Waals surface area contributed by atoms with E-state index in [1.807, 2.05) is 51.2 Å². The molecule has 2 amide bonds. The quantitative estimate of drug-likeness (QED) is 0.0462. The SMILES string of the molecule is CC(C)C(C(=O)N1C[C@H](OC(=O)OC(C)C(C)SS(C)(=O)=O)C[C@H]1C(=O)N[C@@H](C)c1ccc(C#N)cc1)c1cc(N2CCC(CN3CCC(OC4CC(Oc5cc(N6C7CCC6CN(c6cc(-c8ccccc8O)nnc6N)C7)ccn5)C4)CC3)CC2)no1. The van der Waals surface area contributed by atoms with Crippen LogP contribution in [-0.4, -0.2) is 174 Å². The average molecular weight is 1260 g/mol. The van der Waals surface area contributed by atoms with Crippen molar-refractivity contribution in [1.29, 1.82) is 5.26 Å². The van der Waals surface area contributed by atoms with Gasteiger partial charge in [0.05, 0.1) is 53.1 Å². The maximum absolute atomic E-state index is 14.8. The van der Waals surface area contributed by atoms with Crippen LogP contribution in [0.25, 0.3) is 11.3 Å². The van der Waals surface area contributed by atoms with Crippen molar-refractivity contribution in [2.75, 3.05) is 79.0 Å². The fraction of sp³-hybridized carbons (Fsp3) is 0.562. The largest absolute Gasteiger partial charge is 0.508 e. The van der Waals surface area contributed by atoms with E-state index < -0.39 is 56.4 Å². The molecule has 0 spiro atoms. The molecule has 2 aromatic carbocycles. The molecule has 6 fully saturated rings. The van der Waals surface area contributed by atoms with Crippen LogP contribution in [0, 0.1) is 23.2 Å². The van der Waals surface area contributed by atoms with Crippen molar-refractivity contribution >= 4 is 60.6 Å². The first-order valence-corrected chi connectivity index (χ1v) is 34.5. The number of nitrogen functional groups attached to an aromatic ring is 1. The lowest BCUT2D eigenvalue weighted by Gasteiger charge is -2.43. The number of anilines is 4. The van der Waals surface area contributed by atoms with E-state index in [9.17, 15) is 33.2 Å². The zero-order valence-electron chi connectivity index (χ0n) is 51.4. The number of pyridine rings is 1. The minimum atomic E-state index is -3.41. The van der Waals surface area contributed by atoms with Gasteiger partial charge in [-0.25, -0.2) is 18.2 Å². The summed E-state index contributed by atoms with van der Waals surface area (Å²) < 4.78 is 54.1. The smallest absolute Gasteiger partial charge is 0.507 e. The number of fused-ring (bicyclic) bond motifs is 2. The number of para-hydroxylation sites is 1. The molecule has 5 unspecified atom stereocenters. The summed E-state index contributed by atoms with van der Waals surface area (Å²) in [4.78, 5) is 57.8. The number of phenolic OH excluding ortho intramolecular Hbond substituents is 1. The van der Waals surface area contributed by atoms with Crippen LogP contribution in [0.1, 0.15) is 121 Å². The number of amides is 2. The summed E-state index contributed by atoms with van der Waals surface area (Å²) in [6, 6.07) is 23.1.